The van der Waals surface area contributed by atoms with Gasteiger partial charge in [-0.25, -0.2) is 0 Å². The van der Waals surface area contributed by atoms with E-state index >= 15 is 0 Å². The predicted octanol–water partition coefficient (Wildman–Crippen LogP) is 0.968. The van der Waals surface area contributed by atoms with E-state index in [1.165, 1.54) is 0 Å². The molecule has 1 aliphatic rings. The first-order valence-electron chi connectivity index (χ1n) is 6.34. The molecule has 0 spiro atoms. The van der Waals surface area contributed by atoms with Gasteiger partial charge in [-0.05, 0) is 25.5 Å². The molecular weight excluding hydrogens is 230 g/mol. The molecule has 0 aromatic carbocycles. The van der Waals surface area contributed by atoms with Gasteiger partial charge in [-0.1, -0.05) is 0 Å². The molecule has 0 saturated carbocycles. The number of nitrogens with zero attached hydrogens (tertiary/aromatic N) is 2. The first kappa shape index (κ1) is 12.8. The van der Waals surface area contributed by atoms with Crippen molar-refractivity contribution >= 4 is 11.6 Å². The van der Waals surface area contributed by atoms with Crippen LogP contribution in [0.15, 0.2) is 18.3 Å². The number of carbonyl (C=O) groups is 1. The summed E-state index contributed by atoms with van der Waals surface area (Å²) in [5, 5.41) is 12.2. The summed E-state index contributed by atoms with van der Waals surface area (Å²) in [5.74, 6) is 0.164. The van der Waals surface area contributed by atoms with E-state index in [0.29, 0.717) is 18.8 Å². The van der Waals surface area contributed by atoms with E-state index in [0.717, 1.165) is 18.7 Å². The van der Waals surface area contributed by atoms with Gasteiger partial charge in [0.05, 0.1) is 0 Å². The highest BCUT2D eigenvalue weighted by Crippen LogP contribution is 2.18. The normalized spacial score (nSPS) is 19.0. The summed E-state index contributed by atoms with van der Waals surface area (Å²) in [4.78, 5) is 18.1. The van der Waals surface area contributed by atoms with E-state index < -0.39 is 0 Å². The summed E-state index contributed by atoms with van der Waals surface area (Å²) >= 11 is 0. The van der Waals surface area contributed by atoms with Gasteiger partial charge in [-0.15, -0.1) is 0 Å². The van der Waals surface area contributed by atoms with E-state index in [-0.39, 0.29) is 18.4 Å². The molecule has 98 valence electrons. The molecule has 1 fully saturated rings. The van der Waals surface area contributed by atoms with Crippen molar-refractivity contribution in [3.8, 4) is 0 Å². The van der Waals surface area contributed by atoms with Crippen LogP contribution in [-0.4, -0.2) is 47.1 Å². The smallest absolute Gasteiger partial charge is 0.272 e. The number of likely N-dealkylation sites (tertiary alicyclic amines) is 1. The van der Waals surface area contributed by atoms with Crippen LogP contribution in [0.3, 0.4) is 0 Å². The third kappa shape index (κ3) is 2.79. The molecule has 0 radical (unpaired) electrons. The predicted molar refractivity (Wildman–Crippen MR) is 69.5 cm³/mol. The van der Waals surface area contributed by atoms with Crippen LogP contribution < -0.4 is 5.32 Å². The quantitative estimate of drug-likeness (QED) is 0.834. The maximum atomic E-state index is 12.2. The summed E-state index contributed by atoms with van der Waals surface area (Å²) in [7, 11) is 0. The lowest BCUT2D eigenvalue weighted by Gasteiger charge is -2.16. The lowest BCUT2D eigenvalue weighted by atomic mass is 10.1. The Balaban J connectivity index is 2.07. The summed E-state index contributed by atoms with van der Waals surface area (Å²) in [6, 6.07) is 3.62. The summed E-state index contributed by atoms with van der Waals surface area (Å²) in [5.41, 5.74) is 1.38. The second-order valence-corrected chi connectivity index (χ2v) is 4.55. The zero-order valence-electron chi connectivity index (χ0n) is 10.6. The highest BCUT2D eigenvalue weighted by molar-refractivity contribution is 5.93. The average Bonchev–Trinajstić information content (AvgIpc) is 2.87. The van der Waals surface area contributed by atoms with Gasteiger partial charge in [0, 0.05) is 44.0 Å². The minimum absolute atomic E-state index is 0.0503. The second kappa shape index (κ2) is 5.82. The molecule has 2 rings (SSSR count). The molecule has 1 unspecified atom stereocenters. The number of aromatic nitrogens is 1. The van der Waals surface area contributed by atoms with Crippen LogP contribution in [-0.2, 0) is 0 Å². The third-order valence-electron chi connectivity index (χ3n) is 3.19. The highest BCUT2D eigenvalue weighted by atomic mass is 16.3. The number of aliphatic hydroxyl groups is 1. The molecule has 5 heteroatoms. The first-order valence-corrected chi connectivity index (χ1v) is 6.34. The van der Waals surface area contributed by atoms with Gasteiger partial charge in [-0.3, -0.25) is 9.78 Å². The molecule has 1 aliphatic heterocycles. The fraction of sp³-hybridized carbons (Fsp3) is 0.538. The van der Waals surface area contributed by atoms with Crippen LogP contribution in [0.1, 0.15) is 23.8 Å². The molecule has 5 nitrogen and oxygen atoms in total. The Labute approximate surface area is 107 Å². The number of hydrogen-bond donors (Lipinski definition) is 2. The third-order valence-corrected chi connectivity index (χ3v) is 3.19. The molecule has 0 bridgehead atoms. The van der Waals surface area contributed by atoms with Crippen molar-refractivity contribution < 1.29 is 9.90 Å². The molecule has 2 heterocycles. The van der Waals surface area contributed by atoms with Crippen LogP contribution in [0.2, 0.25) is 0 Å². The Bertz CT molecular complexity index is 422. The lowest BCUT2D eigenvalue weighted by molar-refractivity contribution is 0.0776. The van der Waals surface area contributed by atoms with Crippen molar-refractivity contribution in [3.63, 3.8) is 0 Å². The zero-order valence-corrected chi connectivity index (χ0v) is 10.6. The molecule has 1 atom stereocenters. The number of amides is 1. The second-order valence-electron chi connectivity index (χ2n) is 4.55. The number of hydrogen-bond acceptors (Lipinski definition) is 4. The van der Waals surface area contributed by atoms with Crippen molar-refractivity contribution in [3.05, 3.63) is 24.0 Å². The largest absolute Gasteiger partial charge is 0.396 e. The van der Waals surface area contributed by atoms with E-state index in [2.05, 4.69) is 10.3 Å². The van der Waals surface area contributed by atoms with Crippen LogP contribution in [0, 0.1) is 5.92 Å². The van der Waals surface area contributed by atoms with Gasteiger partial charge < -0.3 is 15.3 Å². The monoisotopic (exact) mass is 249 g/mol. The van der Waals surface area contributed by atoms with Crippen molar-refractivity contribution in [2.24, 2.45) is 5.92 Å². The number of anilines is 1. The lowest BCUT2D eigenvalue weighted by Crippen LogP contribution is -2.29. The van der Waals surface area contributed by atoms with Crippen molar-refractivity contribution in [1.29, 1.82) is 0 Å². The topological polar surface area (TPSA) is 65.5 Å². The first-order chi connectivity index (χ1) is 8.74. The average molecular weight is 249 g/mol. The Kier molecular flexibility index (Phi) is 4.15. The zero-order chi connectivity index (χ0) is 13.0. The fourth-order valence-electron chi connectivity index (χ4n) is 2.19. The standard InChI is InChI=1S/C13H19N3O2/c1-2-14-11-3-5-15-12(7-11)13(18)16-6-4-10(8-16)9-17/h3,5,7,10,17H,2,4,6,8-9H2,1H3,(H,14,15). The minimum Gasteiger partial charge on any atom is -0.396 e. The molecule has 0 aliphatic carbocycles. The molecule has 18 heavy (non-hydrogen) atoms. The van der Waals surface area contributed by atoms with Crippen molar-refractivity contribution in [1.82, 2.24) is 9.88 Å². The SMILES string of the molecule is CCNc1ccnc(C(=O)N2CCC(CO)C2)c1. The Morgan fingerprint density at radius 3 is 3.17 bits per heavy atom. The van der Waals surface area contributed by atoms with Crippen molar-refractivity contribution in [2.45, 2.75) is 13.3 Å². The van der Waals surface area contributed by atoms with Gasteiger partial charge in [0.2, 0.25) is 0 Å². The molecule has 1 saturated heterocycles. The van der Waals surface area contributed by atoms with E-state index in [9.17, 15) is 4.79 Å². The van der Waals surface area contributed by atoms with E-state index in [4.69, 9.17) is 5.11 Å². The Hall–Kier alpha value is -1.62. The van der Waals surface area contributed by atoms with Crippen LogP contribution in [0.25, 0.3) is 0 Å². The number of aliphatic hydroxyl groups excluding tert-OH is 1. The molecule has 2 N–H and O–H groups in total. The molecule has 1 aromatic rings. The van der Waals surface area contributed by atoms with Gasteiger partial charge in [0.15, 0.2) is 0 Å². The van der Waals surface area contributed by atoms with Gasteiger partial charge in [0.1, 0.15) is 5.69 Å². The Morgan fingerprint density at radius 1 is 1.67 bits per heavy atom. The maximum Gasteiger partial charge on any atom is 0.272 e. The summed E-state index contributed by atoms with van der Waals surface area (Å²) < 4.78 is 0. The maximum absolute atomic E-state index is 12.2. The van der Waals surface area contributed by atoms with E-state index in [1.54, 1.807) is 17.2 Å². The molecule has 1 aromatic heterocycles. The van der Waals surface area contributed by atoms with Crippen molar-refractivity contribution in [2.75, 3.05) is 31.6 Å². The van der Waals surface area contributed by atoms with Crippen LogP contribution in [0.5, 0.6) is 0 Å². The van der Waals surface area contributed by atoms with Gasteiger partial charge in [0.25, 0.3) is 5.91 Å². The summed E-state index contributed by atoms with van der Waals surface area (Å²) in [6.07, 6.45) is 2.51. The Morgan fingerprint density at radius 2 is 2.50 bits per heavy atom. The van der Waals surface area contributed by atoms with Gasteiger partial charge >= 0.3 is 0 Å². The highest BCUT2D eigenvalue weighted by Gasteiger charge is 2.27. The number of nitrogens with one attached hydrogen (secondary N) is 1. The number of pyridine rings is 1. The van der Waals surface area contributed by atoms with Gasteiger partial charge in [-0.2, -0.15) is 0 Å². The fourth-order valence-corrected chi connectivity index (χ4v) is 2.19. The van der Waals surface area contributed by atoms with Crippen LogP contribution in [0.4, 0.5) is 5.69 Å². The minimum atomic E-state index is -0.0503. The van der Waals surface area contributed by atoms with Crippen LogP contribution >= 0.6 is 0 Å². The number of carbonyl (C=O) groups excluding carboxylic acids is 1. The molecule has 1 amide bonds. The number of rotatable bonds is 4. The molecular formula is C13H19N3O2. The summed E-state index contributed by atoms with van der Waals surface area (Å²) in [6.45, 7) is 4.30. The van der Waals surface area contributed by atoms with E-state index in [1.807, 2.05) is 13.0 Å².